The van der Waals surface area contributed by atoms with Gasteiger partial charge in [-0.15, -0.1) is 0 Å². The lowest BCUT2D eigenvalue weighted by atomic mass is 10.2. The number of halogens is 8. The Labute approximate surface area is 178 Å². The van der Waals surface area contributed by atoms with Crippen LogP contribution in [0.1, 0.15) is 11.1 Å². The Morgan fingerprint density at radius 1 is 0.818 bits per heavy atom. The van der Waals surface area contributed by atoms with Gasteiger partial charge in [0.15, 0.2) is 0 Å². The van der Waals surface area contributed by atoms with E-state index >= 15 is 0 Å². The molecule has 0 nitrogen and oxygen atoms in total. The number of rotatable bonds is 1. The maximum Gasteiger partial charge on any atom is 0.139 e. The summed E-state index contributed by atoms with van der Waals surface area (Å²) < 4.78 is 29.7. The topological polar surface area (TPSA) is 0 Å². The Bertz CT molecular complexity index is 662. The molecule has 0 fully saturated rings. The molecule has 2 aromatic rings. The molecule has 0 atom stereocenters. The maximum absolute atomic E-state index is 12.9. The normalized spacial score (nSPS) is 10.2. The summed E-state index contributed by atoms with van der Waals surface area (Å²) in [6.07, 6.45) is 0. The minimum absolute atomic E-state index is 0.269. The van der Waals surface area contributed by atoms with Gasteiger partial charge in [0.25, 0.3) is 0 Å². The van der Waals surface area contributed by atoms with Crippen molar-refractivity contribution in [2.24, 2.45) is 0 Å². The Balaban J connectivity index is 0.000000220. The molecule has 0 N–H and O–H groups in total. The van der Waals surface area contributed by atoms with Gasteiger partial charge in [-0.3, -0.25) is 0 Å². The van der Waals surface area contributed by atoms with Crippen molar-refractivity contribution in [2.45, 2.75) is 13.6 Å². The Morgan fingerprint density at radius 3 is 1.86 bits per heavy atom. The van der Waals surface area contributed by atoms with Crippen molar-refractivity contribution in [1.29, 1.82) is 0 Å². The van der Waals surface area contributed by atoms with E-state index in [1.165, 1.54) is 6.07 Å². The summed E-state index contributed by atoms with van der Waals surface area (Å²) in [7, 11) is 0. The predicted molar refractivity (Wildman–Crippen MR) is 109 cm³/mol. The van der Waals surface area contributed by atoms with Gasteiger partial charge in [-0.2, -0.15) is 0 Å². The van der Waals surface area contributed by atoms with Gasteiger partial charge in [-0.25, -0.2) is 8.78 Å². The van der Waals surface area contributed by atoms with Crippen LogP contribution in [0.2, 0.25) is 0 Å². The van der Waals surface area contributed by atoms with Crippen LogP contribution in [0.5, 0.6) is 0 Å². The first-order valence-electron chi connectivity index (χ1n) is 5.68. The quantitative estimate of drug-likeness (QED) is 0.207. The smallest absolute Gasteiger partial charge is 0.139 e. The van der Waals surface area contributed by atoms with E-state index in [1.54, 1.807) is 0 Å². The molecule has 0 aliphatic carbocycles. The Hall–Kier alpha value is 1.18. The lowest BCUT2D eigenvalue weighted by Gasteiger charge is -2.04. The second-order valence-corrected chi connectivity index (χ2v) is 8.99. The first-order valence-corrected chi connectivity index (χ1v) is 10.4. The number of hydrogen-bond donors (Lipinski definition) is 0. The van der Waals surface area contributed by atoms with Crippen LogP contribution in [0, 0.1) is 12.7 Å². The van der Waals surface area contributed by atoms with Gasteiger partial charge in [0.2, 0.25) is 0 Å². The molecule has 2 aromatic carbocycles. The summed E-state index contributed by atoms with van der Waals surface area (Å²) in [6, 6.07) is 5.10. The summed E-state index contributed by atoms with van der Waals surface area (Å²) >= 11 is 19.4. The molecule has 2 rings (SSSR count). The second-order valence-electron chi connectivity index (χ2n) is 4.05. The second kappa shape index (κ2) is 9.61. The SMILES string of the molecule is Cc1c(Br)cc(F)c(Br)c1Br.FCc1c(Br)ccc(Br)c1Br. The van der Waals surface area contributed by atoms with Gasteiger partial charge < -0.3 is 0 Å². The molecule has 0 amide bonds. The maximum atomic E-state index is 12.9. The minimum atomic E-state index is -0.472. The molecular formula is C14H8Br6F2. The summed E-state index contributed by atoms with van der Waals surface area (Å²) in [5, 5.41) is 0. The molecule has 0 aliphatic rings. The largest absolute Gasteiger partial charge is 0.246 e. The lowest BCUT2D eigenvalue weighted by molar-refractivity contribution is 0.482. The van der Waals surface area contributed by atoms with Crippen molar-refractivity contribution in [1.82, 2.24) is 0 Å². The molecule has 120 valence electrons. The van der Waals surface area contributed by atoms with Gasteiger partial charge >= 0.3 is 0 Å². The highest BCUT2D eigenvalue weighted by atomic mass is 79.9. The molecular weight excluding hydrogens is 686 g/mol. The number of benzene rings is 2. The molecule has 0 spiro atoms. The summed E-state index contributed by atoms with van der Waals surface area (Å²) in [5.41, 5.74) is 1.62. The van der Waals surface area contributed by atoms with Crippen LogP contribution in [-0.2, 0) is 6.67 Å². The van der Waals surface area contributed by atoms with Gasteiger partial charge in [-0.05, 0) is 94.4 Å². The molecule has 0 aliphatic heterocycles. The fraction of sp³-hybridized carbons (Fsp3) is 0.143. The van der Waals surface area contributed by atoms with E-state index in [-0.39, 0.29) is 5.82 Å². The Morgan fingerprint density at radius 2 is 1.36 bits per heavy atom. The van der Waals surface area contributed by atoms with Crippen LogP contribution in [-0.4, -0.2) is 0 Å². The van der Waals surface area contributed by atoms with E-state index in [1.807, 2.05) is 19.1 Å². The third-order valence-electron chi connectivity index (χ3n) is 2.62. The van der Waals surface area contributed by atoms with Gasteiger partial charge in [-0.1, -0.05) is 31.9 Å². The third kappa shape index (κ3) is 5.34. The fourth-order valence-electron chi connectivity index (χ4n) is 1.35. The van der Waals surface area contributed by atoms with Gasteiger partial charge in [0.05, 0.1) is 4.47 Å². The molecule has 0 aromatic heterocycles. The monoisotopic (exact) mass is 688 g/mol. The molecule has 22 heavy (non-hydrogen) atoms. The molecule has 8 heteroatoms. The van der Waals surface area contributed by atoms with Crippen LogP contribution in [0.4, 0.5) is 8.78 Å². The average Bonchev–Trinajstić information content (AvgIpc) is 2.48. The van der Waals surface area contributed by atoms with Crippen molar-refractivity contribution >= 4 is 95.6 Å². The molecule has 0 saturated heterocycles. The number of alkyl halides is 1. The van der Waals surface area contributed by atoms with E-state index < -0.39 is 6.67 Å². The molecule has 0 unspecified atom stereocenters. The van der Waals surface area contributed by atoms with Crippen molar-refractivity contribution < 1.29 is 8.78 Å². The molecule has 0 saturated carbocycles. The van der Waals surface area contributed by atoms with Crippen LogP contribution in [0.25, 0.3) is 0 Å². The van der Waals surface area contributed by atoms with Gasteiger partial charge in [0, 0.05) is 27.9 Å². The van der Waals surface area contributed by atoms with E-state index in [4.69, 9.17) is 0 Å². The van der Waals surface area contributed by atoms with Crippen molar-refractivity contribution in [3.63, 3.8) is 0 Å². The van der Waals surface area contributed by atoms with E-state index in [2.05, 4.69) is 95.6 Å². The minimum Gasteiger partial charge on any atom is -0.246 e. The molecule has 0 bridgehead atoms. The summed E-state index contributed by atoms with van der Waals surface area (Å²) in [4.78, 5) is 0. The summed E-state index contributed by atoms with van der Waals surface area (Å²) in [6.45, 7) is 1.43. The Kier molecular flexibility index (Phi) is 9.27. The number of hydrogen-bond acceptors (Lipinski definition) is 0. The average molecular weight is 694 g/mol. The highest BCUT2D eigenvalue weighted by molar-refractivity contribution is 9.13. The van der Waals surface area contributed by atoms with Crippen LogP contribution in [0.15, 0.2) is 45.0 Å². The zero-order valence-corrected chi connectivity index (χ0v) is 20.5. The fourth-order valence-corrected chi connectivity index (χ4v) is 4.35. The van der Waals surface area contributed by atoms with Crippen molar-refractivity contribution in [3.8, 4) is 0 Å². The standard InChI is InChI=1S/2C7H4Br3F/c1-3-4(8)2-5(11)7(10)6(3)9;8-5-1-2-6(9)7(10)4(5)3-11/h2H,1H3;1-2H,3H2. The van der Waals surface area contributed by atoms with E-state index in [9.17, 15) is 8.78 Å². The summed E-state index contributed by atoms with van der Waals surface area (Å²) in [5.74, 6) is -0.269. The predicted octanol–water partition coefficient (Wildman–Crippen LogP) is 8.87. The molecule has 0 heterocycles. The van der Waals surface area contributed by atoms with Crippen LogP contribution in [0.3, 0.4) is 0 Å². The van der Waals surface area contributed by atoms with Crippen LogP contribution >= 0.6 is 95.6 Å². The lowest BCUT2D eigenvalue weighted by Crippen LogP contribution is -1.85. The highest BCUT2D eigenvalue weighted by Crippen LogP contribution is 2.34. The zero-order chi connectivity index (χ0) is 17.0. The van der Waals surface area contributed by atoms with Crippen LogP contribution < -0.4 is 0 Å². The van der Waals surface area contributed by atoms with Crippen molar-refractivity contribution in [2.75, 3.05) is 0 Å². The highest BCUT2D eigenvalue weighted by Gasteiger charge is 2.09. The van der Waals surface area contributed by atoms with Gasteiger partial charge in [0.1, 0.15) is 12.5 Å². The zero-order valence-electron chi connectivity index (χ0n) is 11.0. The first-order chi connectivity index (χ1) is 10.2. The third-order valence-corrected chi connectivity index (χ3v) is 8.58. The first kappa shape index (κ1) is 21.2. The molecule has 0 radical (unpaired) electrons. The van der Waals surface area contributed by atoms with E-state index in [0.29, 0.717) is 10.0 Å². The van der Waals surface area contributed by atoms with E-state index in [0.717, 1.165) is 27.9 Å². The van der Waals surface area contributed by atoms with Crippen molar-refractivity contribution in [3.05, 3.63) is 62.0 Å².